The van der Waals surface area contributed by atoms with Gasteiger partial charge in [0.1, 0.15) is 0 Å². The van der Waals surface area contributed by atoms with E-state index >= 15 is 0 Å². The zero-order valence-electron chi connectivity index (χ0n) is 6.16. The zero-order valence-corrected chi connectivity index (χ0v) is 6.98. The maximum atomic E-state index is 3.79. The minimum absolute atomic E-state index is 0. The molecule has 62 valence electrons. The first-order valence-corrected chi connectivity index (χ1v) is 4.35. The first-order valence-electron chi connectivity index (χ1n) is 3.47. The van der Waals surface area contributed by atoms with Gasteiger partial charge in [-0.05, 0) is 22.6 Å². The number of hydrogen-bond donors (Lipinski definition) is 0. The molecule has 0 saturated carbocycles. The van der Waals surface area contributed by atoms with Gasteiger partial charge in [0.2, 0.25) is 5.50 Å². The van der Waals surface area contributed by atoms with Crippen molar-refractivity contribution in [2.75, 3.05) is 0 Å². The third-order valence-electron chi connectivity index (χ3n) is 1.33. The van der Waals surface area contributed by atoms with Crippen molar-refractivity contribution in [3.05, 3.63) is 30.3 Å². The fourth-order valence-electron chi connectivity index (χ4n) is 0.826. The van der Waals surface area contributed by atoms with Gasteiger partial charge in [0.25, 0.3) is 0 Å². The van der Waals surface area contributed by atoms with Gasteiger partial charge < -0.3 is 0 Å². The summed E-state index contributed by atoms with van der Waals surface area (Å²) in [6, 6.07) is 9.95. The molecule has 0 bridgehead atoms. The van der Waals surface area contributed by atoms with E-state index in [1.54, 1.807) is 0 Å². The minimum atomic E-state index is -0.188. The van der Waals surface area contributed by atoms with E-state index in [4.69, 9.17) is 0 Å². The van der Waals surface area contributed by atoms with Gasteiger partial charge in [-0.15, -0.1) is 10.2 Å². The van der Waals surface area contributed by atoms with Crippen LogP contribution in [0.1, 0.15) is 0 Å². The van der Waals surface area contributed by atoms with Gasteiger partial charge in [-0.1, -0.05) is 30.0 Å². The summed E-state index contributed by atoms with van der Waals surface area (Å²) in [6.07, 6.45) is 0. The summed E-state index contributed by atoms with van der Waals surface area (Å²) in [6.45, 7) is 0. The molecular formula is C7H7N4NaS. The van der Waals surface area contributed by atoms with Crippen LogP contribution in [0.5, 0.6) is 0 Å². The molecule has 0 saturated heterocycles. The number of benzene rings is 1. The van der Waals surface area contributed by atoms with Crippen LogP contribution in [0.15, 0.2) is 55.9 Å². The second kappa shape index (κ2) is 5.49. The summed E-state index contributed by atoms with van der Waals surface area (Å²) in [5.74, 6) is 0. The monoisotopic (exact) mass is 202 g/mol. The Morgan fingerprint density at radius 3 is 2.23 bits per heavy atom. The fraction of sp³-hybridized carbons (Fsp3) is 0.143. The van der Waals surface area contributed by atoms with Gasteiger partial charge in [-0.2, -0.15) is 0 Å². The maximum Gasteiger partial charge on any atom is 0.235 e. The van der Waals surface area contributed by atoms with Crippen LogP contribution in [0.25, 0.3) is 0 Å². The van der Waals surface area contributed by atoms with Crippen LogP contribution in [-0.4, -0.2) is 35.1 Å². The second-order valence-corrected chi connectivity index (χ2v) is 3.30. The van der Waals surface area contributed by atoms with E-state index in [-0.39, 0.29) is 35.1 Å². The van der Waals surface area contributed by atoms with Crippen LogP contribution in [0.4, 0.5) is 0 Å². The Labute approximate surface area is 102 Å². The fourth-order valence-corrected chi connectivity index (χ4v) is 1.56. The smallest absolute Gasteiger partial charge is 0.126 e. The average molecular weight is 202 g/mol. The number of hydrogen-bond acceptors (Lipinski definition) is 5. The van der Waals surface area contributed by atoms with Crippen molar-refractivity contribution in [1.82, 2.24) is 0 Å². The molecule has 0 N–H and O–H groups in total. The Kier molecular flexibility index (Phi) is 4.58. The quantitative estimate of drug-likeness (QED) is 0.678. The Hall–Kier alpha value is -0.230. The predicted octanol–water partition coefficient (Wildman–Crippen LogP) is 2.25. The van der Waals surface area contributed by atoms with Gasteiger partial charge in [0.15, 0.2) is 0 Å². The normalized spacial score (nSPS) is 14.5. The molecule has 6 heteroatoms. The molecule has 1 aromatic rings. The molecule has 0 aromatic heterocycles. The molecule has 0 radical (unpaired) electrons. The molecule has 0 amide bonds. The molecule has 4 nitrogen and oxygen atoms in total. The number of nitrogens with zero attached hydrogens (tertiary/aromatic N) is 4. The van der Waals surface area contributed by atoms with Crippen LogP contribution in [0.2, 0.25) is 0 Å². The largest absolute Gasteiger partial charge is 0.235 e. The minimum Gasteiger partial charge on any atom is -0.126 e. The van der Waals surface area contributed by atoms with E-state index in [0.29, 0.717) is 0 Å². The summed E-state index contributed by atoms with van der Waals surface area (Å²) in [4.78, 5) is 1.13. The van der Waals surface area contributed by atoms with Crippen molar-refractivity contribution in [1.29, 1.82) is 0 Å². The van der Waals surface area contributed by atoms with Crippen LogP contribution >= 0.6 is 11.8 Å². The zero-order chi connectivity index (χ0) is 8.23. The molecule has 1 aliphatic rings. The van der Waals surface area contributed by atoms with Gasteiger partial charge in [0, 0.05) is 4.90 Å². The van der Waals surface area contributed by atoms with Gasteiger partial charge in [0.05, 0.1) is 0 Å². The van der Waals surface area contributed by atoms with E-state index in [9.17, 15) is 0 Å². The standard InChI is InChI=1S/C7H6N4S.Na.H/c1-2-4-6(5-3-1)12-7-8-10-11-9-7;;/h1-5,7H;;. The molecule has 1 aliphatic heterocycles. The molecule has 0 atom stereocenters. The second-order valence-electron chi connectivity index (χ2n) is 2.17. The molecule has 1 heterocycles. The van der Waals surface area contributed by atoms with E-state index in [0.717, 1.165) is 4.90 Å². The summed E-state index contributed by atoms with van der Waals surface area (Å²) < 4.78 is 0. The summed E-state index contributed by atoms with van der Waals surface area (Å²) in [5.41, 5.74) is -0.188. The molecule has 0 aliphatic carbocycles. The summed E-state index contributed by atoms with van der Waals surface area (Å²) in [5, 5.41) is 14.4. The average Bonchev–Trinajstić information content (AvgIpc) is 2.59. The first-order chi connectivity index (χ1) is 5.95. The van der Waals surface area contributed by atoms with Gasteiger partial charge >= 0.3 is 29.6 Å². The Balaban J connectivity index is 0.000000845. The van der Waals surface area contributed by atoms with E-state index in [1.807, 2.05) is 30.3 Å². The van der Waals surface area contributed by atoms with E-state index in [2.05, 4.69) is 20.7 Å². The van der Waals surface area contributed by atoms with Crippen molar-refractivity contribution in [2.24, 2.45) is 20.7 Å². The number of thioether (sulfide) groups is 1. The van der Waals surface area contributed by atoms with Gasteiger partial charge in [-0.25, -0.2) is 0 Å². The van der Waals surface area contributed by atoms with Crippen molar-refractivity contribution < 1.29 is 0 Å². The molecule has 0 fully saturated rings. The topological polar surface area (TPSA) is 49.4 Å². The predicted molar refractivity (Wildman–Crippen MR) is 52.9 cm³/mol. The third kappa shape index (κ3) is 3.19. The van der Waals surface area contributed by atoms with Gasteiger partial charge in [-0.3, -0.25) is 0 Å². The van der Waals surface area contributed by atoms with Crippen LogP contribution in [0, 0.1) is 0 Å². The third-order valence-corrected chi connectivity index (χ3v) is 2.27. The summed E-state index contributed by atoms with van der Waals surface area (Å²) >= 11 is 1.53. The molecule has 0 unspecified atom stereocenters. The molecule has 2 rings (SSSR count). The van der Waals surface area contributed by atoms with Crippen molar-refractivity contribution in [3.63, 3.8) is 0 Å². The van der Waals surface area contributed by atoms with Crippen molar-refractivity contribution in [2.45, 2.75) is 10.4 Å². The number of rotatable bonds is 2. The van der Waals surface area contributed by atoms with E-state index < -0.39 is 0 Å². The SMILES string of the molecule is [NaH].c1ccc(SC2N=NN=N2)cc1. The van der Waals surface area contributed by atoms with Crippen molar-refractivity contribution >= 4 is 41.3 Å². The molecule has 1 aromatic carbocycles. The molecule has 13 heavy (non-hydrogen) atoms. The maximum absolute atomic E-state index is 3.79. The molecule has 0 spiro atoms. The Bertz CT molecular complexity index is 302. The summed E-state index contributed by atoms with van der Waals surface area (Å²) in [7, 11) is 0. The van der Waals surface area contributed by atoms with Crippen LogP contribution < -0.4 is 0 Å². The van der Waals surface area contributed by atoms with Crippen LogP contribution in [0.3, 0.4) is 0 Å². The van der Waals surface area contributed by atoms with Crippen LogP contribution in [-0.2, 0) is 0 Å². The van der Waals surface area contributed by atoms with Crippen molar-refractivity contribution in [3.8, 4) is 0 Å². The molecular weight excluding hydrogens is 195 g/mol. The van der Waals surface area contributed by atoms with E-state index in [1.165, 1.54) is 11.8 Å². The Morgan fingerprint density at radius 2 is 1.62 bits per heavy atom. The first kappa shape index (κ1) is 10.8. The Morgan fingerprint density at radius 1 is 1.00 bits per heavy atom.